The number of methoxy groups -OCH3 is 1. The number of nitrogens with one attached hydrogen (secondary N) is 3. The molecule has 220 valence electrons. The second-order valence-corrected chi connectivity index (χ2v) is 12.5. The Labute approximate surface area is 252 Å². The van der Waals surface area contributed by atoms with Gasteiger partial charge in [-0.1, -0.05) is 38.8 Å². The number of carbonyl (C=O) groups excluding carboxylic acids is 1. The first-order chi connectivity index (χ1) is 20.1. The summed E-state index contributed by atoms with van der Waals surface area (Å²) in [7, 11) is 3.75. The van der Waals surface area contributed by atoms with E-state index in [0.29, 0.717) is 28.7 Å². The van der Waals surface area contributed by atoms with Crippen molar-refractivity contribution in [3.8, 4) is 5.75 Å². The van der Waals surface area contributed by atoms with Crippen molar-refractivity contribution in [3.63, 3.8) is 0 Å². The molecule has 10 heteroatoms. The molecular weight excluding hydrogens is 546 g/mol. The maximum Gasteiger partial charge on any atom is 0.255 e. The van der Waals surface area contributed by atoms with Crippen LogP contribution in [0.15, 0.2) is 48.8 Å². The molecule has 0 bridgehead atoms. The summed E-state index contributed by atoms with van der Waals surface area (Å²) in [6.07, 6.45) is 4.57. The van der Waals surface area contributed by atoms with Gasteiger partial charge in [0, 0.05) is 35.7 Å². The largest absolute Gasteiger partial charge is 0.492 e. The van der Waals surface area contributed by atoms with Gasteiger partial charge in [0.2, 0.25) is 0 Å². The Morgan fingerprint density at radius 1 is 1.07 bits per heavy atom. The first-order valence-corrected chi connectivity index (χ1v) is 15.3. The number of likely N-dealkylation sites (tertiary alicyclic amines) is 1. The molecule has 9 nitrogen and oxygen atoms in total. The minimum Gasteiger partial charge on any atom is -0.492 e. The Hall–Kier alpha value is -3.89. The smallest absolute Gasteiger partial charge is 0.255 e. The van der Waals surface area contributed by atoms with Gasteiger partial charge in [-0.25, -0.2) is 15.0 Å². The van der Waals surface area contributed by atoms with E-state index in [9.17, 15) is 4.79 Å². The van der Waals surface area contributed by atoms with Crippen molar-refractivity contribution >= 4 is 51.8 Å². The molecule has 1 aliphatic heterocycles. The van der Waals surface area contributed by atoms with Crippen LogP contribution >= 0.6 is 11.9 Å². The van der Waals surface area contributed by atoms with Crippen LogP contribution in [0.5, 0.6) is 5.75 Å². The number of hydrogen-bond acceptors (Lipinski definition) is 9. The van der Waals surface area contributed by atoms with Crippen LogP contribution in [0.4, 0.5) is 22.9 Å². The Balaban J connectivity index is 1.45. The lowest BCUT2D eigenvalue weighted by Crippen LogP contribution is -2.16. The first kappa shape index (κ1) is 29.6. The summed E-state index contributed by atoms with van der Waals surface area (Å²) in [6, 6.07) is 13.7. The van der Waals surface area contributed by atoms with Crippen molar-refractivity contribution in [1.82, 2.24) is 19.9 Å². The van der Waals surface area contributed by atoms with Crippen LogP contribution in [0.1, 0.15) is 60.3 Å². The highest BCUT2D eigenvalue weighted by atomic mass is 32.2. The molecule has 0 spiro atoms. The number of ether oxygens (including phenoxy) is 1. The van der Waals surface area contributed by atoms with Gasteiger partial charge in [0.25, 0.3) is 5.91 Å². The van der Waals surface area contributed by atoms with Gasteiger partial charge in [-0.05, 0) is 79.9 Å². The number of rotatable bonds is 8. The van der Waals surface area contributed by atoms with E-state index in [1.54, 1.807) is 7.11 Å². The zero-order valence-corrected chi connectivity index (χ0v) is 26.1. The van der Waals surface area contributed by atoms with Crippen molar-refractivity contribution < 1.29 is 9.53 Å². The number of aryl methyl sites for hydroxylation is 1. The second-order valence-electron chi connectivity index (χ2n) is 11.8. The lowest BCUT2D eigenvalue weighted by Gasteiger charge is -2.24. The molecule has 1 unspecified atom stereocenters. The van der Waals surface area contributed by atoms with Gasteiger partial charge >= 0.3 is 0 Å². The molecule has 4 aromatic rings. The molecule has 0 saturated carbocycles. The fourth-order valence-electron chi connectivity index (χ4n) is 5.23. The molecular formula is C32H39N7O2S. The number of fused-ring (bicyclic) bond motifs is 1. The van der Waals surface area contributed by atoms with Gasteiger partial charge in [-0.2, -0.15) is 0 Å². The van der Waals surface area contributed by atoms with E-state index in [0.717, 1.165) is 58.7 Å². The number of amides is 1. The molecule has 2 aromatic heterocycles. The Morgan fingerprint density at radius 3 is 2.55 bits per heavy atom. The van der Waals surface area contributed by atoms with Crippen LogP contribution in [0.2, 0.25) is 0 Å². The van der Waals surface area contributed by atoms with Crippen molar-refractivity contribution in [2.45, 2.75) is 45.4 Å². The van der Waals surface area contributed by atoms with E-state index in [-0.39, 0.29) is 11.3 Å². The monoisotopic (exact) mass is 585 g/mol. The van der Waals surface area contributed by atoms with E-state index in [4.69, 9.17) is 9.72 Å². The van der Waals surface area contributed by atoms with Crippen LogP contribution < -0.4 is 20.1 Å². The van der Waals surface area contributed by atoms with Crippen LogP contribution in [0.25, 0.3) is 11.0 Å². The van der Waals surface area contributed by atoms with Crippen molar-refractivity contribution in [3.05, 3.63) is 71.2 Å². The second kappa shape index (κ2) is 12.1. The highest BCUT2D eigenvalue weighted by Gasteiger charge is 2.24. The third-order valence-electron chi connectivity index (χ3n) is 7.69. The summed E-state index contributed by atoms with van der Waals surface area (Å²) >= 11 is 1.47. The molecule has 42 heavy (non-hydrogen) atoms. The van der Waals surface area contributed by atoms with Gasteiger partial charge in [-0.3, -0.25) is 4.79 Å². The molecule has 3 heterocycles. The van der Waals surface area contributed by atoms with Gasteiger partial charge in [-0.15, -0.1) is 0 Å². The third-order valence-corrected chi connectivity index (χ3v) is 8.11. The summed E-state index contributed by atoms with van der Waals surface area (Å²) in [6.45, 7) is 10.5. The third kappa shape index (κ3) is 6.29. The lowest BCUT2D eigenvalue weighted by atomic mass is 9.86. The average Bonchev–Trinajstić information content (AvgIpc) is 3.40. The molecule has 1 aliphatic rings. The summed E-state index contributed by atoms with van der Waals surface area (Å²) in [5, 5.41) is 6.53. The molecule has 1 saturated heterocycles. The summed E-state index contributed by atoms with van der Waals surface area (Å²) in [5.74, 6) is 1.34. The van der Waals surface area contributed by atoms with Gasteiger partial charge in [0.1, 0.15) is 11.8 Å². The molecule has 1 fully saturated rings. The number of anilines is 4. The molecule has 1 amide bonds. The molecule has 5 rings (SSSR count). The van der Waals surface area contributed by atoms with Crippen LogP contribution in [0, 0.1) is 6.92 Å². The quantitative estimate of drug-likeness (QED) is 0.194. The normalized spacial score (nSPS) is 15.5. The summed E-state index contributed by atoms with van der Waals surface area (Å²) in [5.41, 5.74) is 7.18. The van der Waals surface area contributed by atoms with E-state index < -0.39 is 0 Å². The maximum absolute atomic E-state index is 13.6. The van der Waals surface area contributed by atoms with Crippen molar-refractivity contribution in [2.24, 2.45) is 0 Å². The van der Waals surface area contributed by atoms with E-state index >= 15 is 0 Å². The maximum atomic E-state index is 13.6. The predicted molar refractivity (Wildman–Crippen MR) is 173 cm³/mol. The molecule has 3 N–H and O–H groups in total. The van der Waals surface area contributed by atoms with Crippen LogP contribution in [-0.4, -0.2) is 59.3 Å². The number of carbonyl (C=O) groups is 1. The minimum absolute atomic E-state index is 0.122. The van der Waals surface area contributed by atoms with Crippen LogP contribution in [0.3, 0.4) is 0 Å². The van der Waals surface area contributed by atoms with Gasteiger partial charge < -0.3 is 25.0 Å². The number of likely N-dealkylation sites (N-methyl/N-ethyl adjacent to an activating group) is 1. The molecule has 0 aliphatic carbocycles. The standard InChI is InChI=1S/C32H39N7O2S/c1-19-8-9-20(31(40)37-26-15-22(32(2,3)4)16-27(38-42-7)29(26)41-6)14-25(19)36-30-28-24(33-18-34-30)11-10-23(35-28)21-12-13-39(5)17-21/h8-11,14-16,18,21,38H,12-13,17H2,1-7H3,(H,37,40)(H,33,34,36). The van der Waals surface area contributed by atoms with Crippen molar-refractivity contribution in [2.75, 3.05) is 48.9 Å². The van der Waals surface area contributed by atoms with Crippen molar-refractivity contribution in [1.29, 1.82) is 0 Å². The zero-order chi connectivity index (χ0) is 30.0. The molecule has 1 atom stereocenters. The fourth-order valence-corrected chi connectivity index (χ4v) is 5.60. The highest BCUT2D eigenvalue weighted by molar-refractivity contribution is 7.99. The zero-order valence-electron chi connectivity index (χ0n) is 25.3. The topological polar surface area (TPSA) is 104 Å². The highest BCUT2D eigenvalue weighted by Crippen LogP contribution is 2.40. The number of aromatic nitrogens is 3. The Kier molecular flexibility index (Phi) is 8.56. The lowest BCUT2D eigenvalue weighted by molar-refractivity contribution is 0.102. The average molecular weight is 586 g/mol. The Bertz CT molecular complexity index is 1620. The predicted octanol–water partition coefficient (Wildman–Crippen LogP) is 6.74. The number of hydrogen-bond donors (Lipinski definition) is 3. The van der Waals surface area contributed by atoms with E-state index in [1.807, 2.05) is 43.5 Å². The van der Waals surface area contributed by atoms with Gasteiger partial charge in [0.15, 0.2) is 11.6 Å². The SMILES string of the molecule is COc1c(NSC)cc(C(C)(C)C)cc1NC(=O)c1ccc(C)c(Nc2ncnc3ccc(C4CCN(C)C4)nc23)c1. The molecule has 2 aromatic carbocycles. The summed E-state index contributed by atoms with van der Waals surface area (Å²) < 4.78 is 9.01. The van der Waals surface area contributed by atoms with E-state index in [1.165, 1.54) is 18.3 Å². The van der Waals surface area contributed by atoms with Crippen LogP contribution in [-0.2, 0) is 5.41 Å². The summed E-state index contributed by atoms with van der Waals surface area (Å²) in [4.78, 5) is 29.9. The first-order valence-electron chi connectivity index (χ1n) is 14.1. The fraction of sp³-hybridized carbons (Fsp3) is 0.375. The molecule has 0 radical (unpaired) electrons. The number of benzene rings is 2. The number of pyridine rings is 1. The van der Waals surface area contributed by atoms with Gasteiger partial charge in [0.05, 0.1) is 24.0 Å². The van der Waals surface area contributed by atoms with E-state index in [2.05, 4.69) is 70.2 Å². The Morgan fingerprint density at radius 2 is 1.86 bits per heavy atom. The minimum atomic E-state index is -0.240. The number of nitrogens with zero attached hydrogens (tertiary/aromatic N) is 4.